The average molecular weight is 425 g/mol. The summed E-state index contributed by atoms with van der Waals surface area (Å²) in [6.07, 6.45) is 2.17. The molecule has 1 aliphatic heterocycles. The third-order valence-electron chi connectivity index (χ3n) is 5.61. The second-order valence-corrected chi connectivity index (χ2v) is 8.78. The van der Waals surface area contributed by atoms with E-state index in [1.165, 1.54) is 23.0 Å². The van der Waals surface area contributed by atoms with Crippen molar-refractivity contribution in [3.8, 4) is 0 Å². The van der Waals surface area contributed by atoms with Crippen molar-refractivity contribution in [1.82, 2.24) is 10.2 Å². The third-order valence-corrected chi connectivity index (χ3v) is 6.47. The van der Waals surface area contributed by atoms with E-state index in [1.54, 1.807) is 12.1 Å². The Morgan fingerprint density at radius 1 is 1.13 bits per heavy atom. The fourth-order valence-corrected chi connectivity index (χ4v) is 4.72. The molecular weight excluding hydrogens is 399 g/mol. The summed E-state index contributed by atoms with van der Waals surface area (Å²) in [5, 5.41) is 12.8. The summed E-state index contributed by atoms with van der Waals surface area (Å²) in [4.78, 5) is 14.7. The smallest absolute Gasteiger partial charge is 0.229 e. The molecule has 1 fully saturated rings. The largest absolute Gasteiger partial charge is 0.369 e. The minimum atomic E-state index is -0.216. The lowest BCUT2D eigenvalue weighted by atomic mass is 9.95. The molecule has 1 aromatic heterocycles. The van der Waals surface area contributed by atoms with Gasteiger partial charge in [0, 0.05) is 25.4 Å². The number of nitrogens with one attached hydrogen (secondary N) is 1. The highest BCUT2D eigenvalue weighted by Gasteiger charge is 2.27. The zero-order valence-corrected chi connectivity index (χ0v) is 17.7. The molecule has 7 heteroatoms. The van der Waals surface area contributed by atoms with E-state index in [9.17, 15) is 9.18 Å². The molecule has 3 aromatic rings. The summed E-state index contributed by atoms with van der Waals surface area (Å²) in [6.45, 7) is 3.49. The molecule has 4 rings (SSSR count). The Labute approximate surface area is 180 Å². The Morgan fingerprint density at radius 3 is 2.57 bits per heavy atom. The second-order valence-electron chi connectivity index (χ2n) is 7.72. The van der Waals surface area contributed by atoms with Crippen LogP contribution in [0.4, 0.5) is 15.2 Å². The van der Waals surface area contributed by atoms with Gasteiger partial charge in [-0.25, -0.2) is 4.39 Å². The molecule has 0 spiro atoms. The number of para-hydroxylation sites is 1. The number of hydrogen-bond donors (Lipinski definition) is 1. The number of piperidine rings is 1. The van der Waals surface area contributed by atoms with Crippen LogP contribution in [0.5, 0.6) is 0 Å². The maximum absolute atomic E-state index is 14.0. The van der Waals surface area contributed by atoms with E-state index in [1.807, 2.05) is 29.2 Å². The lowest BCUT2D eigenvalue weighted by Crippen LogP contribution is -2.38. The Kier molecular flexibility index (Phi) is 6.38. The zero-order chi connectivity index (χ0) is 20.9. The van der Waals surface area contributed by atoms with Gasteiger partial charge in [-0.3, -0.25) is 4.79 Å². The molecule has 30 heavy (non-hydrogen) atoms. The van der Waals surface area contributed by atoms with Crippen LogP contribution in [0.1, 0.15) is 36.3 Å². The maximum Gasteiger partial charge on any atom is 0.229 e. The number of anilines is 2. The Morgan fingerprint density at radius 2 is 1.83 bits per heavy atom. The minimum absolute atomic E-state index is 0.0259. The number of hydrogen-bond acceptors (Lipinski definition) is 5. The molecule has 2 heterocycles. The van der Waals surface area contributed by atoms with Gasteiger partial charge in [0.15, 0.2) is 0 Å². The number of halogens is 1. The van der Waals surface area contributed by atoms with Crippen LogP contribution in [-0.4, -0.2) is 29.2 Å². The van der Waals surface area contributed by atoms with Crippen molar-refractivity contribution in [2.75, 3.05) is 23.3 Å². The van der Waals surface area contributed by atoms with E-state index in [4.69, 9.17) is 0 Å². The molecule has 1 amide bonds. The fraction of sp³-hybridized carbons (Fsp3) is 0.348. The van der Waals surface area contributed by atoms with Crippen molar-refractivity contribution in [1.29, 1.82) is 0 Å². The lowest BCUT2D eigenvalue weighted by molar-refractivity contribution is -0.120. The first kappa shape index (κ1) is 20.5. The van der Waals surface area contributed by atoms with Gasteiger partial charge in [0.1, 0.15) is 10.8 Å². The first-order valence-corrected chi connectivity index (χ1v) is 11.1. The standard InChI is InChI=1S/C23H25FN4OS/c1-16(17-7-3-2-4-8-17)15-21-26-27-23(30-21)25-22(29)18-11-13-28(14-12-18)20-10-6-5-9-19(20)24/h2-10,16,18H,11-15H2,1H3,(H,25,27,29). The average Bonchev–Trinajstić information content (AvgIpc) is 3.21. The van der Waals surface area contributed by atoms with Crippen molar-refractivity contribution in [2.24, 2.45) is 5.92 Å². The Bertz CT molecular complexity index is 986. The van der Waals surface area contributed by atoms with Gasteiger partial charge in [0.05, 0.1) is 5.69 Å². The van der Waals surface area contributed by atoms with Gasteiger partial charge in [0.2, 0.25) is 11.0 Å². The molecule has 1 saturated heterocycles. The summed E-state index contributed by atoms with van der Waals surface area (Å²) in [6, 6.07) is 17.1. The van der Waals surface area contributed by atoms with Crippen LogP contribution in [0.2, 0.25) is 0 Å². The number of benzene rings is 2. The predicted octanol–water partition coefficient (Wildman–Crippen LogP) is 4.88. The van der Waals surface area contributed by atoms with E-state index >= 15 is 0 Å². The first-order valence-electron chi connectivity index (χ1n) is 10.3. The second kappa shape index (κ2) is 9.34. The number of carbonyl (C=O) groups is 1. The van der Waals surface area contributed by atoms with Crippen LogP contribution >= 0.6 is 11.3 Å². The van der Waals surface area contributed by atoms with Gasteiger partial charge in [0.25, 0.3) is 0 Å². The molecule has 0 radical (unpaired) electrons. The summed E-state index contributed by atoms with van der Waals surface area (Å²) >= 11 is 1.43. The number of amides is 1. The molecule has 1 atom stereocenters. The summed E-state index contributed by atoms with van der Waals surface area (Å²) in [5.74, 6) is 0.00235. The van der Waals surface area contributed by atoms with Gasteiger partial charge in [-0.05, 0) is 36.5 Å². The third kappa shape index (κ3) is 4.84. The van der Waals surface area contributed by atoms with Crippen LogP contribution in [0, 0.1) is 11.7 Å². The number of nitrogens with zero attached hydrogens (tertiary/aromatic N) is 3. The zero-order valence-electron chi connectivity index (χ0n) is 16.9. The highest BCUT2D eigenvalue weighted by atomic mass is 32.1. The van der Waals surface area contributed by atoms with Crippen LogP contribution in [-0.2, 0) is 11.2 Å². The van der Waals surface area contributed by atoms with Crippen LogP contribution < -0.4 is 10.2 Å². The molecule has 0 bridgehead atoms. The molecule has 5 nitrogen and oxygen atoms in total. The molecule has 1 N–H and O–H groups in total. The fourth-order valence-electron chi connectivity index (χ4n) is 3.85. The first-order chi connectivity index (χ1) is 14.6. The molecule has 156 valence electrons. The van der Waals surface area contributed by atoms with Gasteiger partial charge in [-0.1, -0.05) is 60.7 Å². The van der Waals surface area contributed by atoms with Crippen molar-refractivity contribution in [2.45, 2.75) is 32.1 Å². The monoisotopic (exact) mass is 424 g/mol. The van der Waals surface area contributed by atoms with E-state index in [2.05, 4.69) is 34.6 Å². The maximum atomic E-state index is 14.0. The molecular formula is C23H25FN4OS. The van der Waals surface area contributed by atoms with E-state index < -0.39 is 0 Å². The van der Waals surface area contributed by atoms with Gasteiger partial charge >= 0.3 is 0 Å². The topological polar surface area (TPSA) is 58.1 Å². The molecule has 1 aliphatic rings. The van der Waals surface area contributed by atoms with E-state index in [-0.39, 0.29) is 17.6 Å². The Hall–Kier alpha value is -2.80. The Balaban J connectivity index is 1.29. The van der Waals surface area contributed by atoms with Gasteiger partial charge in [-0.2, -0.15) is 0 Å². The lowest BCUT2D eigenvalue weighted by Gasteiger charge is -2.33. The van der Waals surface area contributed by atoms with Gasteiger partial charge in [-0.15, -0.1) is 10.2 Å². The number of carbonyl (C=O) groups excluding carboxylic acids is 1. The predicted molar refractivity (Wildman–Crippen MR) is 118 cm³/mol. The number of rotatable bonds is 6. The SMILES string of the molecule is CC(Cc1nnc(NC(=O)C2CCN(c3ccccc3F)CC2)s1)c1ccccc1. The summed E-state index contributed by atoms with van der Waals surface area (Å²) in [5.41, 5.74) is 1.87. The van der Waals surface area contributed by atoms with Gasteiger partial charge < -0.3 is 10.2 Å². The highest BCUT2D eigenvalue weighted by Crippen LogP contribution is 2.28. The van der Waals surface area contributed by atoms with Crippen LogP contribution in [0.25, 0.3) is 0 Å². The summed E-state index contributed by atoms with van der Waals surface area (Å²) in [7, 11) is 0. The van der Waals surface area contributed by atoms with E-state index in [0.717, 1.165) is 11.4 Å². The summed E-state index contributed by atoms with van der Waals surface area (Å²) < 4.78 is 14.0. The van der Waals surface area contributed by atoms with Crippen LogP contribution in [0.15, 0.2) is 54.6 Å². The molecule has 0 saturated carbocycles. The normalized spacial score (nSPS) is 15.7. The molecule has 2 aromatic carbocycles. The molecule has 0 aliphatic carbocycles. The van der Waals surface area contributed by atoms with Crippen molar-refractivity contribution in [3.05, 3.63) is 71.0 Å². The quantitative estimate of drug-likeness (QED) is 0.613. The van der Waals surface area contributed by atoms with Crippen LogP contribution in [0.3, 0.4) is 0 Å². The highest BCUT2D eigenvalue weighted by molar-refractivity contribution is 7.15. The van der Waals surface area contributed by atoms with Crippen molar-refractivity contribution < 1.29 is 9.18 Å². The van der Waals surface area contributed by atoms with Crippen molar-refractivity contribution in [3.63, 3.8) is 0 Å². The minimum Gasteiger partial charge on any atom is -0.369 e. The van der Waals surface area contributed by atoms with Crippen molar-refractivity contribution >= 4 is 28.1 Å². The van der Waals surface area contributed by atoms with E-state index in [0.29, 0.717) is 42.7 Å². The molecule has 1 unspecified atom stereocenters. The number of aromatic nitrogens is 2.